The zero-order valence-corrected chi connectivity index (χ0v) is 9.71. The molecule has 6 heteroatoms. The second kappa shape index (κ2) is 4.02. The molecule has 5 nitrogen and oxygen atoms in total. The van der Waals surface area contributed by atoms with Crippen LogP contribution >= 0.6 is 0 Å². The molecule has 1 amide bonds. The number of rotatable bonds is 3. The van der Waals surface area contributed by atoms with Gasteiger partial charge >= 0.3 is 7.12 Å². The number of amides is 1. The van der Waals surface area contributed by atoms with Crippen LogP contribution in [0, 0.1) is 17.8 Å². The Morgan fingerprint density at radius 1 is 1.50 bits per heavy atom. The summed E-state index contributed by atoms with van der Waals surface area (Å²) in [5.74, 6) is 0.196. The zero-order valence-electron chi connectivity index (χ0n) is 9.71. The Morgan fingerprint density at radius 2 is 2.12 bits per heavy atom. The van der Waals surface area contributed by atoms with Crippen molar-refractivity contribution in [3.8, 4) is 0 Å². The first-order valence-electron chi connectivity index (χ1n) is 5.85. The molecule has 2 fully saturated rings. The summed E-state index contributed by atoms with van der Waals surface area (Å²) in [6, 6.07) is -0.543. The SMILES string of the molecule is CC(C)C(N)C(=O)N1CC2CC2C1B(O)O. The summed E-state index contributed by atoms with van der Waals surface area (Å²) in [4.78, 5) is 13.6. The molecule has 16 heavy (non-hydrogen) atoms. The lowest BCUT2D eigenvalue weighted by atomic mass is 9.76. The average Bonchev–Trinajstić information content (AvgIpc) is 2.86. The summed E-state index contributed by atoms with van der Waals surface area (Å²) in [7, 11) is -1.44. The number of piperidine rings is 1. The van der Waals surface area contributed by atoms with Crippen LogP contribution in [0.4, 0.5) is 0 Å². The van der Waals surface area contributed by atoms with Crippen molar-refractivity contribution in [1.82, 2.24) is 4.90 Å². The molecule has 0 aromatic heterocycles. The van der Waals surface area contributed by atoms with Gasteiger partial charge in [-0.1, -0.05) is 13.8 Å². The van der Waals surface area contributed by atoms with E-state index in [0.717, 1.165) is 6.42 Å². The van der Waals surface area contributed by atoms with Crippen LogP contribution in [0.25, 0.3) is 0 Å². The quantitative estimate of drug-likeness (QED) is 0.529. The minimum absolute atomic E-state index is 0.0703. The lowest BCUT2D eigenvalue weighted by Crippen LogP contribution is -2.54. The van der Waals surface area contributed by atoms with E-state index in [2.05, 4.69) is 0 Å². The highest BCUT2D eigenvalue weighted by Crippen LogP contribution is 2.49. The third-order valence-corrected chi connectivity index (χ3v) is 3.80. The maximum absolute atomic E-state index is 12.0. The maximum atomic E-state index is 12.0. The maximum Gasteiger partial charge on any atom is 0.476 e. The van der Waals surface area contributed by atoms with E-state index >= 15 is 0 Å². The van der Waals surface area contributed by atoms with E-state index in [1.165, 1.54) is 0 Å². The number of carbonyl (C=O) groups excluding carboxylic acids is 1. The normalized spacial score (nSPS) is 33.9. The minimum atomic E-state index is -1.44. The molecule has 0 aromatic carbocycles. The third-order valence-electron chi connectivity index (χ3n) is 3.80. The predicted molar refractivity (Wildman–Crippen MR) is 60.1 cm³/mol. The molecule has 0 radical (unpaired) electrons. The Labute approximate surface area is 95.8 Å². The van der Waals surface area contributed by atoms with Crippen LogP contribution in [-0.2, 0) is 4.79 Å². The Morgan fingerprint density at radius 3 is 2.62 bits per heavy atom. The molecule has 0 spiro atoms. The van der Waals surface area contributed by atoms with Gasteiger partial charge in [0.15, 0.2) is 0 Å². The van der Waals surface area contributed by atoms with Gasteiger partial charge in [0.2, 0.25) is 5.91 Å². The Bertz CT molecular complexity index is 298. The van der Waals surface area contributed by atoms with Crippen molar-refractivity contribution in [2.45, 2.75) is 32.3 Å². The molecule has 0 bridgehead atoms. The highest BCUT2D eigenvalue weighted by molar-refractivity contribution is 6.44. The van der Waals surface area contributed by atoms with Crippen LogP contribution < -0.4 is 5.73 Å². The monoisotopic (exact) mass is 226 g/mol. The van der Waals surface area contributed by atoms with Gasteiger partial charge in [0.25, 0.3) is 0 Å². The molecule has 2 aliphatic rings. The van der Waals surface area contributed by atoms with Gasteiger partial charge in [0, 0.05) is 6.54 Å². The summed E-state index contributed by atoms with van der Waals surface area (Å²) in [5, 5.41) is 18.6. The number of fused-ring (bicyclic) bond motifs is 1. The largest absolute Gasteiger partial charge is 0.476 e. The van der Waals surface area contributed by atoms with Gasteiger partial charge in [0.1, 0.15) is 0 Å². The molecule has 4 N–H and O–H groups in total. The molecular formula is C10H19BN2O3. The van der Waals surface area contributed by atoms with Crippen LogP contribution in [0.1, 0.15) is 20.3 Å². The predicted octanol–water partition coefficient (Wildman–Crippen LogP) is -1.17. The van der Waals surface area contributed by atoms with Gasteiger partial charge in [-0.05, 0) is 24.2 Å². The molecule has 90 valence electrons. The summed E-state index contributed by atoms with van der Waals surface area (Å²) in [5.41, 5.74) is 5.81. The Balaban J connectivity index is 2.06. The van der Waals surface area contributed by atoms with Crippen LogP contribution in [-0.4, -0.2) is 46.5 Å². The van der Waals surface area contributed by atoms with Gasteiger partial charge < -0.3 is 20.7 Å². The second-order valence-corrected chi connectivity index (χ2v) is 5.32. The van der Waals surface area contributed by atoms with Crippen molar-refractivity contribution in [2.75, 3.05) is 6.54 Å². The smallest absolute Gasteiger partial charge is 0.426 e. The number of hydrogen-bond acceptors (Lipinski definition) is 4. The highest BCUT2D eigenvalue weighted by atomic mass is 16.4. The van der Waals surface area contributed by atoms with Crippen LogP contribution in [0.5, 0.6) is 0 Å². The fourth-order valence-corrected chi connectivity index (χ4v) is 2.60. The Hall–Kier alpha value is -0.585. The molecule has 1 aliphatic heterocycles. The topological polar surface area (TPSA) is 86.8 Å². The fourth-order valence-electron chi connectivity index (χ4n) is 2.60. The molecule has 4 unspecified atom stereocenters. The first-order valence-corrected chi connectivity index (χ1v) is 5.85. The summed E-state index contributed by atoms with van der Waals surface area (Å²) >= 11 is 0. The number of nitrogens with zero attached hydrogens (tertiary/aromatic N) is 1. The van der Waals surface area contributed by atoms with Gasteiger partial charge in [-0.2, -0.15) is 0 Å². The van der Waals surface area contributed by atoms with E-state index in [1.807, 2.05) is 13.8 Å². The lowest BCUT2D eigenvalue weighted by molar-refractivity contribution is -0.134. The standard InChI is InChI=1S/C10H19BN2O3/c1-5(2)8(12)10(14)13-4-6-3-7(6)9(13)11(15)16/h5-9,15-16H,3-4,12H2,1-2H3. The summed E-state index contributed by atoms with van der Waals surface area (Å²) < 4.78 is 0. The van der Waals surface area contributed by atoms with E-state index in [1.54, 1.807) is 4.90 Å². The van der Waals surface area contributed by atoms with Crippen molar-refractivity contribution < 1.29 is 14.8 Å². The van der Waals surface area contributed by atoms with Gasteiger partial charge in [-0.3, -0.25) is 4.79 Å². The highest BCUT2D eigenvalue weighted by Gasteiger charge is 2.58. The molecule has 1 saturated carbocycles. The van der Waals surface area contributed by atoms with Crippen molar-refractivity contribution in [2.24, 2.45) is 23.5 Å². The number of nitrogens with two attached hydrogens (primary N) is 1. The Kier molecular flexibility index (Phi) is 2.98. The van der Waals surface area contributed by atoms with Crippen molar-refractivity contribution in [3.05, 3.63) is 0 Å². The average molecular weight is 226 g/mol. The zero-order chi connectivity index (χ0) is 12.0. The van der Waals surface area contributed by atoms with Crippen LogP contribution in [0.2, 0.25) is 0 Å². The lowest BCUT2D eigenvalue weighted by Gasteiger charge is -2.30. The molecule has 2 rings (SSSR count). The third kappa shape index (κ3) is 1.85. The van der Waals surface area contributed by atoms with E-state index < -0.39 is 19.1 Å². The first-order chi connectivity index (χ1) is 7.43. The first kappa shape index (κ1) is 11.9. The van der Waals surface area contributed by atoms with Gasteiger partial charge in [0.05, 0.1) is 12.0 Å². The summed E-state index contributed by atoms with van der Waals surface area (Å²) in [6.45, 7) is 4.42. The van der Waals surface area contributed by atoms with E-state index in [9.17, 15) is 14.8 Å². The molecule has 0 aromatic rings. The summed E-state index contributed by atoms with van der Waals surface area (Å²) in [6.07, 6.45) is 1.00. The number of carbonyl (C=O) groups is 1. The molecular weight excluding hydrogens is 207 g/mol. The molecule has 1 heterocycles. The van der Waals surface area contributed by atoms with Gasteiger partial charge in [-0.25, -0.2) is 0 Å². The minimum Gasteiger partial charge on any atom is -0.426 e. The van der Waals surface area contributed by atoms with Crippen molar-refractivity contribution in [1.29, 1.82) is 0 Å². The van der Waals surface area contributed by atoms with Crippen molar-refractivity contribution in [3.63, 3.8) is 0 Å². The van der Waals surface area contributed by atoms with Crippen LogP contribution in [0.3, 0.4) is 0 Å². The number of hydrogen-bond donors (Lipinski definition) is 3. The molecule has 1 aliphatic carbocycles. The fraction of sp³-hybridized carbons (Fsp3) is 0.900. The molecule has 1 saturated heterocycles. The van der Waals surface area contributed by atoms with E-state index in [4.69, 9.17) is 5.73 Å². The molecule has 4 atom stereocenters. The van der Waals surface area contributed by atoms with Crippen molar-refractivity contribution >= 4 is 13.0 Å². The van der Waals surface area contributed by atoms with Gasteiger partial charge in [-0.15, -0.1) is 0 Å². The van der Waals surface area contributed by atoms with Crippen LogP contribution in [0.15, 0.2) is 0 Å². The van der Waals surface area contributed by atoms with E-state index in [0.29, 0.717) is 12.5 Å². The number of likely N-dealkylation sites (tertiary alicyclic amines) is 1. The second-order valence-electron chi connectivity index (χ2n) is 5.32. The van der Waals surface area contributed by atoms with E-state index in [-0.39, 0.29) is 17.7 Å².